The van der Waals surface area contributed by atoms with Crippen LogP contribution >= 0.6 is 50.5 Å². The highest BCUT2D eigenvalue weighted by molar-refractivity contribution is 9.08. The summed E-state index contributed by atoms with van der Waals surface area (Å²) in [7, 11) is 0. The number of thiophene rings is 1. The third-order valence-electron chi connectivity index (χ3n) is 1.85. The van der Waals surface area contributed by atoms with Gasteiger partial charge in [-0.05, 0) is 23.1 Å². The first-order chi connectivity index (χ1) is 6.24. The fraction of sp³-hybridized carbons (Fsp3) is 0.111. The van der Waals surface area contributed by atoms with Gasteiger partial charge in [-0.1, -0.05) is 39.1 Å². The van der Waals surface area contributed by atoms with Gasteiger partial charge in [0.15, 0.2) is 0 Å². The molecule has 1 aromatic heterocycles. The Kier molecular flexibility index (Phi) is 2.84. The van der Waals surface area contributed by atoms with E-state index in [2.05, 4.69) is 15.9 Å². The summed E-state index contributed by atoms with van der Waals surface area (Å²) in [4.78, 5) is 0. The second-order valence-electron chi connectivity index (χ2n) is 2.63. The van der Waals surface area contributed by atoms with E-state index in [0.29, 0.717) is 0 Å². The average Bonchev–Trinajstić information content (AvgIpc) is 2.60. The van der Waals surface area contributed by atoms with Crippen LogP contribution in [0.5, 0.6) is 0 Å². The van der Waals surface area contributed by atoms with Gasteiger partial charge in [-0.2, -0.15) is 0 Å². The van der Waals surface area contributed by atoms with Crippen LogP contribution in [0.4, 0.5) is 0 Å². The fourth-order valence-corrected chi connectivity index (χ4v) is 3.39. The molecule has 0 spiro atoms. The van der Waals surface area contributed by atoms with Crippen LogP contribution in [-0.2, 0) is 5.33 Å². The first-order valence-corrected chi connectivity index (χ1v) is 6.40. The highest BCUT2D eigenvalue weighted by Crippen LogP contribution is 2.37. The molecule has 0 nitrogen and oxygen atoms in total. The van der Waals surface area contributed by atoms with Gasteiger partial charge in [0.05, 0.1) is 9.72 Å². The number of benzene rings is 1. The van der Waals surface area contributed by atoms with Crippen molar-refractivity contribution in [2.75, 3.05) is 0 Å². The van der Waals surface area contributed by atoms with Crippen LogP contribution in [0.1, 0.15) is 5.56 Å². The average molecular weight is 296 g/mol. The van der Waals surface area contributed by atoms with Gasteiger partial charge in [0.25, 0.3) is 0 Å². The summed E-state index contributed by atoms with van der Waals surface area (Å²) in [6, 6.07) is 3.90. The molecular formula is C9H5BrCl2S. The molecule has 0 unspecified atom stereocenters. The lowest BCUT2D eigenvalue weighted by Gasteiger charge is -2.02. The monoisotopic (exact) mass is 294 g/mol. The number of halogens is 3. The molecule has 68 valence electrons. The summed E-state index contributed by atoms with van der Waals surface area (Å²) in [5.74, 6) is 0. The summed E-state index contributed by atoms with van der Waals surface area (Å²) in [6.07, 6.45) is 0. The predicted octanol–water partition coefficient (Wildman–Crippen LogP) is 5.10. The molecule has 0 saturated heterocycles. The standard InChI is InChI=1S/C9H5BrCl2S/c10-4-5-3-7(11)6-1-2-13-9(6)8(5)12/h1-3H,4H2. The van der Waals surface area contributed by atoms with E-state index in [0.717, 1.165) is 31.0 Å². The third kappa shape index (κ3) is 1.61. The maximum Gasteiger partial charge on any atom is 0.0625 e. The van der Waals surface area contributed by atoms with Crippen molar-refractivity contribution in [1.29, 1.82) is 0 Å². The van der Waals surface area contributed by atoms with Crippen LogP contribution in [0.2, 0.25) is 10.0 Å². The Hall–Kier alpha value is 0.240. The zero-order chi connectivity index (χ0) is 9.42. The minimum absolute atomic E-state index is 0.736. The molecule has 2 aromatic rings. The molecule has 2 rings (SSSR count). The van der Waals surface area contributed by atoms with Gasteiger partial charge in [-0.15, -0.1) is 11.3 Å². The maximum atomic E-state index is 6.18. The van der Waals surface area contributed by atoms with E-state index in [1.165, 1.54) is 0 Å². The summed E-state index contributed by atoms with van der Waals surface area (Å²) < 4.78 is 1.07. The van der Waals surface area contributed by atoms with E-state index in [1.807, 2.05) is 17.5 Å². The molecule has 0 aliphatic carbocycles. The van der Waals surface area contributed by atoms with Gasteiger partial charge in [-0.3, -0.25) is 0 Å². The zero-order valence-electron chi connectivity index (χ0n) is 6.48. The van der Waals surface area contributed by atoms with Gasteiger partial charge in [0.1, 0.15) is 0 Å². The van der Waals surface area contributed by atoms with Crippen molar-refractivity contribution < 1.29 is 0 Å². The molecule has 0 atom stereocenters. The molecule has 0 N–H and O–H groups in total. The van der Waals surface area contributed by atoms with Gasteiger partial charge in [0, 0.05) is 15.7 Å². The number of hydrogen-bond donors (Lipinski definition) is 0. The molecule has 0 saturated carbocycles. The van der Waals surface area contributed by atoms with E-state index < -0.39 is 0 Å². The SMILES string of the molecule is Clc1cc(CBr)c(Cl)c2sccc12. The van der Waals surface area contributed by atoms with Crippen molar-refractivity contribution in [3.8, 4) is 0 Å². The van der Waals surface area contributed by atoms with E-state index in [4.69, 9.17) is 23.2 Å². The van der Waals surface area contributed by atoms with Crippen LogP contribution in [0.15, 0.2) is 17.5 Å². The van der Waals surface area contributed by atoms with E-state index in [1.54, 1.807) is 11.3 Å². The zero-order valence-corrected chi connectivity index (χ0v) is 10.4. The number of rotatable bonds is 1. The van der Waals surface area contributed by atoms with Gasteiger partial charge in [0.2, 0.25) is 0 Å². The van der Waals surface area contributed by atoms with Crippen LogP contribution in [0, 0.1) is 0 Å². The fourth-order valence-electron chi connectivity index (χ4n) is 1.20. The van der Waals surface area contributed by atoms with Crippen molar-refractivity contribution in [2.45, 2.75) is 5.33 Å². The first kappa shape index (κ1) is 9.78. The lowest BCUT2D eigenvalue weighted by Crippen LogP contribution is -1.80. The van der Waals surface area contributed by atoms with Crippen LogP contribution in [-0.4, -0.2) is 0 Å². The molecule has 1 heterocycles. The molecule has 0 amide bonds. The smallest absolute Gasteiger partial charge is 0.0625 e. The van der Waals surface area contributed by atoms with Crippen LogP contribution in [0.3, 0.4) is 0 Å². The Labute approximate surface area is 98.6 Å². The number of alkyl halides is 1. The molecule has 0 radical (unpaired) electrons. The third-order valence-corrected chi connectivity index (χ3v) is 4.24. The Morgan fingerprint density at radius 1 is 1.38 bits per heavy atom. The predicted molar refractivity (Wildman–Crippen MR) is 64.5 cm³/mol. The molecule has 1 aromatic carbocycles. The van der Waals surface area contributed by atoms with Gasteiger partial charge in [-0.25, -0.2) is 0 Å². The van der Waals surface area contributed by atoms with Crippen molar-refractivity contribution in [3.63, 3.8) is 0 Å². The Bertz CT molecular complexity index is 450. The minimum atomic E-state index is 0.736. The van der Waals surface area contributed by atoms with Crippen molar-refractivity contribution in [2.24, 2.45) is 0 Å². The lowest BCUT2D eigenvalue weighted by molar-refractivity contribution is 1.47. The summed E-state index contributed by atoms with van der Waals surface area (Å²) in [5.41, 5.74) is 1.04. The largest absolute Gasteiger partial charge is 0.142 e. The molecule has 0 fully saturated rings. The molecule has 0 aliphatic heterocycles. The highest BCUT2D eigenvalue weighted by Gasteiger charge is 2.09. The quantitative estimate of drug-likeness (QED) is 0.642. The van der Waals surface area contributed by atoms with E-state index in [-0.39, 0.29) is 0 Å². The molecule has 0 bridgehead atoms. The Morgan fingerprint density at radius 2 is 2.15 bits per heavy atom. The van der Waals surface area contributed by atoms with Crippen molar-refractivity contribution >= 4 is 60.6 Å². The normalized spacial score (nSPS) is 11.0. The topological polar surface area (TPSA) is 0 Å². The second-order valence-corrected chi connectivity index (χ2v) is 4.89. The summed E-state index contributed by atoms with van der Waals surface area (Å²) >= 11 is 17.3. The molecular weight excluding hydrogens is 291 g/mol. The van der Waals surface area contributed by atoms with Gasteiger partial charge < -0.3 is 0 Å². The summed E-state index contributed by atoms with van der Waals surface area (Å²) in [6.45, 7) is 0. The number of fused-ring (bicyclic) bond motifs is 1. The number of hydrogen-bond acceptors (Lipinski definition) is 1. The van der Waals surface area contributed by atoms with Crippen molar-refractivity contribution in [1.82, 2.24) is 0 Å². The van der Waals surface area contributed by atoms with Crippen molar-refractivity contribution in [3.05, 3.63) is 33.1 Å². The second kappa shape index (κ2) is 3.77. The first-order valence-electron chi connectivity index (χ1n) is 3.64. The Balaban J connectivity index is 2.85. The molecule has 4 heteroatoms. The summed E-state index contributed by atoms with van der Waals surface area (Å²) in [5, 5.41) is 5.36. The van der Waals surface area contributed by atoms with Crippen LogP contribution in [0.25, 0.3) is 10.1 Å². The van der Waals surface area contributed by atoms with E-state index in [9.17, 15) is 0 Å². The maximum absolute atomic E-state index is 6.18. The highest BCUT2D eigenvalue weighted by atomic mass is 79.9. The van der Waals surface area contributed by atoms with Crippen LogP contribution < -0.4 is 0 Å². The molecule has 13 heavy (non-hydrogen) atoms. The Morgan fingerprint density at radius 3 is 2.85 bits per heavy atom. The minimum Gasteiger partial charge on any atom is -0.142 e. The lowest BCUT2D eigenvalue weighted by atomic mass is 10.2. The molecule has 0 aliphatic rings. The van der Waals surface area contributed by atoms with E-state index >= 15 is 0 Å². The van der Waals surface area contributed by atoms with Gasteiger partial charge >= 0.3 is 0 Å².